The molecule has 2 nitrogen and oxygen atoms in total. The average Bonchev–Trinajstić information content (AvgIpc) is 2.33. The van der Waals surface area contributed by atoms with E-state index in [-0.39, 0.29) is 0 Å². The zero-order valence-corrected chi connectivity index (χ0v) is 7.01. The Balaban J connectivity index is 2.45. The summed E-state index contributed by atoms with van der Waals surface area (Å²) in [6.45, 7) is 2.14. The highest BCUT2D eigenvalue weighted by atomic mass is 16.3. The van der Waals surface area contributed by atoms with Gasteiger partial charge in [-0.3, -0.25) is 0 Å². The molecule has 0 aromatic heterocycles. The lowest BCUT2D eigenvalue weighted by Crippen LogP contribution is -2.23. The van der Waals surface area contributed by atoms with E-state index in [4.69, 9.17) is 5.26 Å². The van der Waals surface area contributed by atoms with Gasteiger partial charge in [0.05, 0.1) is 18.1 Å². The second kappa shape index (κ2) is 3.23. The van der Waals surface area contributed by atoms with Gasteiger partial charge < -0.3 is 5.11 Å². The third kappa shape index (κ3) is 1.94. The molecule has 1 rings (SSSR count). The highest BCUT2D eigenvalue weighted by Gasteiger charge is 2.35. The predicted octanol–water partition coefficient (Wildman–Crippen LogP) is 1.84. The minimum absolute atomic E-state index is 0.309. The summed E-state index contributed by atoms with van der Waals surface area (Å²) in [5.41, 5.74) is -0.643. The van der Waals surface area contributed by atoms with Crippen molar-refractivity contribution in [1.29, 1.82) is 5.26 Å². The van der Waals surface area contributed by atoms with Crippen LogP contribution >= 0.6 is 0 Å². The lowest BCUT2D eigenvalue weighted by molar-refractivity contribution is 0.0482. The van der Waals surface area contributed by atoms with Crippen molar-refractivity contribution in [2.45, 2.75) is 44.6 Å². The van der Waals surface area contributed by atoms with E-state index in [1.165, 1.54) is 0 Å². The van der Waals surface area contributed by atoms with Crippen LogP contribution in [0, 0.1) is 17.2 Å². The van der Waals surface area contributed by atoms with Gasteiger partial charge in [0.1, 0.15) is 0 Å². The van der Waals surface area contributed by atoms with E-state index in [1.54, 1.807) is 0 Å². The van der Waals surface area contributed by atoms with Gasteiger partial charge in [0.15, 0.2) is 0 Å². The highest BCUT2D eigenvalue weighted by Crippen LogP contribution is 2.37. The van der Waals surface area contributed by atoms with Crippen molar-refractivity contribution in [3.63, 3.8) is 0 Å². The van der Waals surface area contributed by atoms with Gasteiger partial charge in [0.2, 0.25) is 0 Å². The van der Waals surface area contributed by atoms with Crippen LogP contribution in [0.3, 0.4) is 0 Å². The van der Waals surface area contributed by atoms with E-state index >= 15 is 0 Å². The topological polar surface area (TPSA) is 44.0 Å². The van der Waals surface area contributed by atoms with E-state index < -0.39 is 5.60 Å². The molecule has 2 unspecified atom stereocenters. The van der Waals surface area contributed by atoms with Crippen LogP contribution in [-0.2, 0) is 0 Å². The molecule has 0 amide bonds. The van der Waals surface area contributed by atoms with Gasteiger partial charge in [-0.1, -0.05) is 13.3 Å². The minimum atomic E-state index is -0.643. The Morgan fingerprint density at radius 2 is 2.45 bits per heavy atom. The highest BCUT2D eigenvalue weighted by molar-refractivity contribution is 4.95. The molecule has 0 spiro atoms. The summed E-state index contributed by atoms with van der Waals surface area (Å²) in [5, 5.41) is 18.2. The Kier molecular flexibility index (Phi) is 2.51. The fourth-order valence-electron chi connectivity index (χ4n) is 1.87. The van der Waals surface area contributed by atoms with Crippen LogP contribution in [0.5, 0.6) is 0 Å². The van der Waals surface area contributed by atoms with E-state index in [1.807, 2.05) is 6.07 Å². The van der Waals surface area contributed by atoms with Gasteiger partial charge in [-0.25, -0.2) is 0 Å². The molecule has 2 atom stereocenters. The van der Waals surface area contributed by atoms with Crippen molar-refractivity contribution in [2.75, 3.05) is 0 Å². The van der Waals surface area contributed by atoms with Crippen LogP contribution in [0.25, 0.3) is 0 Å². The number of rotatable bonds is 2. The zero-order chi connectivity index (χ0) is 8.32. The Labute approximate surface area is 67.8 Å². The van der Waals surface area contributed by atoms with E-state index in [2.05, 4.69) is 6.92 Å². The molecular weight excluding hydrogens is 138 g/mol. The first kappa shape index (κ1) is 8.55. The summed E-state index contributed by atoms with van der Waals surface area (Å²) >= 11 is 0. The van der Waals surface area contributed by atoms with Crippen molar-refractivity contribution in [1.82, 2.24) is 0 Å². The Morgan fingerprint density at radius 3 is 2.91 bits per heavy atom. The van der Waals surface area contributed by atoms with Gasteiger partial charge in [0.25, 0.3) is 0 Å². The van der Waals surface area contributed by atoms with Crippen LogP contribution in [-0.4, -0.2) is 10.7 Å². The predicted molar refractivity (Wildman–Crippen MR) is 42.8 cm³/mol. The molecule has 0 aromatic rings. The van der Waals surface area contributed by atoms with Crippen molar-refractivity contribution >= 4 is 0 Å². The largest absolute Gasteiger partial charge is 0.389 e. The van der Waals surface area contributed by atoms with E-state index in [0.29, 0.717) is 12.3 Å². The summed E-state index contributed by atoms with van der Waals surface area (Å²) < 4.78 is 0. The smallest absolute Gasteiger partial charge is 0.0779 e. The van der Waals surface area contributed by atoms with Gasteiger partial charge >= 0.3 is 0 Å². The third-order valence-corrected chi connectivity index (χ3v) is 2.67. The normalized spacial score (nSPS) is 37.0. The first-order chi connectivity index (χ1) is 5.20. The maximum absolute atomic E-state index is 9.77. The monoisotopic (exact) mass is 153 g/mol. The summed E-state index contributed by atoms with van der Waals surface area (Å²) in [6.07, 6.45) is 4.18. The maximum Gasteiger partial charge on any atom is 0.0779 e. The van der Waals surface area contributed by atoms with Crippen LogP contribution in [0.4, 0.5) is 0 Å². The molecule has 0 aliphatic heterocycles. The Morgan fingerprint density at radius 1 is 1.73 bits per heavy atom. The van der Waals surface area contributed by atoms with Crippen LogP contribution < -0.4 is 0 Å². The molecule has 1 aliphatic rings. The number of hydrogen-bond donors (Lipinski definition) is 1. The number of hydrogen-bond acceptors (Lipinski definition) is 2. The molecule has 62 valence electrons. The van der Waals surface area contributed by atoms with Crippen molar-refractivity contribution < 1.29 is 5.11 Å². The van der Waals surface area contributed by atoms with E-state index in [9.17, 15) is 5.11 Å². The molecule has 1 fully saturated rings. The second-order valence-corrected chi connectivity index (χ2v) is 3.58. The lowest BCUT2D eigenvalue weighted by Gasteiger charge is -2.18. The molecule has 2 heteroatoms. The first-order valence-corrected chi connectivity index (χ1v) is 4.29. The molecule has 0 heterocycles. The standard InChI is InChI=1S/C9H15NO/c1-2-8-3-4-9(11,7-8)5-6-10/h8,11H,2-5,7H2,1H3. The van der Waals surface area contributed by atoms with Gasteiger partial charge in [0, 0.05) is 0 Å². The second-order valence-electron chi connectivity index (χ2n) is 3.58. The van der Waals surface area contributed by atoms with Crippen molar-refractivity contribution in [3.8, 4) is 6.07 Å². The van der Waals surface area contributed by atoms with Gasteiger partial charge in [-0.2, -0.15) is 5.26 Å². The molecule has 0 radical (unpaired) electrons. The van der Waals surface area contributed by atoms with Crippen LogP contribution in [0.2, 0.25) is 0 Å². The molecule has 1 saturated carbocycles. The fraction of sp³-hybridized carbons (Fsp3) is 0.889. The Bertz CT molecular complexity index is 173. The van der Waals surface area contributed by atoms with Crippen LogP contribution in [0.15, 0.2) is 0 Å². The molecule has 0 bridgehead atoms. The fourth-order valence-corrected chi connectivity index (χ4v) is 1.87. The first-order valence-electron chi connectivity index (χ1n) is 4.29. The van der Waals surface area contributed by atoms with E-state index in [0.717, 1.165) is 25.7 Å². The quantitative estimate of drug-likeness (QED) is 0.657. The summed E-state index contributed by atoms with van der Waals surface area (Å²) in [7, 11) is 0. The molecule has 0 saturated heterocycles. The molecule has 0 aromatic carbocycles. The van der Waals surface area contributed by atoms with Gasteiger partial charge in [-0.15, -0.1) is 0 Å². The summed E-state index contributed by atoms with van der Waals surface area (Å²) in [5.74, 6) is 0.647. The maximum atomic E-state index is 9.77. The minimum Gasteiger partial charge on any atom is -0.389 e. The van der Waals surface area contributed by atoms with Crippen molar-refractivity contribution in [2.24, 2.45) is 5.92 Å². The number of nitrogens with zero attached hydrogens (tertiary/aromatic N) is 1. The molecule has 1 N–H and O–H groups in total. The number of nitriles is 1. The lowest BCUT2D eigenvalue weighted by atomic mass is 9.96. The van der Waals surface area contributed by atoms with Gasteiger partial charge in [-0.05, 0) is 25.2 Å². The SMILES string of the molecule is CCC1CCC(O)(CC#N)C1. The number of aliphatic hydroxyl groups is 1. The van der Waals surface area contributed by atoms with Crippen LogP contribution in [0.1, 0.15) is 39.0 Å². The third-order valence-electron chi connectivity index (χ3n) is 2.67. The van der Waals surface area contributed by atoms with Crippen molar-refractivity contribution in [3.05, 3.63) is 0 Å². The zero-order valence-electron chi connectivity index (χ0n) is 7.01. The molecule has 11 heavy (non-hydrogen) atoms. The molecule has 1 aliphatic carbocycles. The summed E-state index contributed by atoms with van der Waals surface area (Å²) in [4.78, 5) is 0. The summed E-state index contributed by atoms with van der Waals surface area (Å²) in [6, 6.07) is 2.04. The average molecular weight is 153 g/mol. The molecular formula is C9H15NO. The Hall–Kier alpha value is -0.550.